The molecule has 0 spiro atoms. The summed E-state index contributed by atoms with van der Waals surface area (Å²) in [4.78, 5) is 3.61. The fraction of sp³-hybridized carbons (Fsp3) is 0.818. The van der Waals surface area contributed by atoms with Crippen LogP contribution >= 0.6 is 11.8 Å². The van der Waals surface area contributed by atoms with Gasteiger partial charge in [0.15, 0.2) is 0 Å². The summed E-state index contributed by atoms with van der Waals surface area (Å²) >= 11 is 1.87. The first-order valence-corrected chi connectivity index (χ1v) is 5.90. The molecule has 1 nitrogen and oxygen atoms in total. The molecule has 0 saturated carbocycles. The molecule has 0 aromatic heterocycles. The van der Waals surface area contributed by atoms with E-state index >= 15 is 0 Å². The molecule has 0 N–H and O–H groups in total. The zero-order valence-electron chi connectivity index (χ0n) is 9.63. The maximum atomic E-state index is 3.89. The number of allylic oxidation sites excluding steroid dienone is 1. The van der Waals surface area contributed by atoms with E-state index in [1.807, 2.05) is 11.8 Å². The third-order valence-electron chi connectivity index (χ3n) is 2.10. The highest BCUT2D eigenvalue weighted by molar-refractivity contribution is 8.03. The summed E-state index contributed by atoms with van der Waals surface area (Å²) < 4.78 is 0. The van der Waals surface area contributed by atoms with Crippen molar-refractivity contribution in [1.29, 1.82) is 0 Å². The zero-order chi connectivity index (χ0) is 10.4. The third-order valence-corrected chi connectivity index (χ3v) is 3.32. The van der Waals surface area contributed by atoms with Gasteiger partial charge in [-0.05, 0) is 38.6 Å². The number of hydrogen-bond donors (Lipinski definition) is 0. The van der Waals surface area contributed by atoms with Crippen molar-refractivity contribution in [2.45, 2.75) is 33.7 Å². The third kappa shape index (κ3) is 7.15. The van der Waals surface area contributed by atoms with E-state index in [-0.39, 0.29) is 0 Å². The molecule has 0 heterocycles. The Morgan fingerprint density at radius 1 is 1.38 bits per heavy atom. The topological polar surface area (TPSA) is 3.24 Å². The monoisotopic (exact) mass is 201 g/mol. The normalized spacial score (nSPS) is 13.8. The summed E-state index contributed by atoms with van der Waals surface area (Å²) in [6.07, 6.45) is 0. The van der Waals surface area contributed by atoms with Crippen molar-refractivity contribution in [3.05, 3.63) is 11.5 Å². The van der Waals surface area contributed by atoms with Crippen LogP contribution in [0.1, 0.15) is 27.7 Å². The molecule has 0 aliphatic carbocycles. The lowest BCUT2D eigenvalue weighted by molar-refractivity contribution is 0.246. The van der Waals surface area contributed by atoms with Crippen molar-refractivity contribution in [3.8, 4) is 0 Å². The Morgan fingerprint density at radius 2 is 1.92 bits per heavy atom. The minimum atomic E-state index is 0.650. The fourth-order valence-electron chi connectivity index (χ4n) is 1.04. The molecule has 0 bridgehead atoms. The number of thioether (sulfide) groups is 1. The van der Waals surface area contributed by atoms with Gasteiger partial charge in [0.2, 0.25) is 0 Å². The Morgan fingerprint density at radius 3 is 2.31 bits per heavy atom. The highest BCUT2D eigenvalue weighted by atomic mass is 32.2. The van der Waals surface area contributed by atoms with Crippen LogP contribution in [0.2, 0.25) is 0 Å². The van der Waals surface area contributed by atoms with Crippen molar-refractivity contribution < 1.29 is 0 Å². The van der Waals surface area contributed by atoms with E-state index in [1.165, 1.54) is 17.2 Å². The van der Waals surface area contributed by atoms with Crippen molar-refractivity contribution in [2.24, 2.45) is 5.92 Å². The molecular formula is C11H23NS. The van der Waals surface area contributed by atoms with Crippen LogP contribution in [-0.2, 0) is 0 Å². The molecule has 78 valence electrons. The van der Waals surface area contributed by atoms with Crippen molar-refractivity contribution in [2.75, 3.05) is 19.3 Å². The molecular weight excluding hydrogens is 178 g/mol. The summed E-state index contributed by atoms with van der Waals surface area (Å²) in [5.74, 6) is 1.93. The van der Waals surface area contributed by atoms with Crippen molar-refractivity contribution >= 4 is 11.8 Å². The molecule has 1 unspecified atom stereocenters. The van der Waals surface area contributed by atoms with E-state index in [1.54, 1.807) is 0 Å². The molecule has 0 amide bonds. The first-order valence-electron chi connectivity index (χ1n) is 4.92. The van der Waals surface area contributed by atoms with Gasteiger partial charge in [0.25, 0.3) is 0 Å². The van der Waals surface area contributed by atoms with Crippen LogP contribution in [0, 0.1) is 5.92 Å². The van der Waals surface area contributed by atoms with Gasteiger partial charge in [0.05, 0.1) is 0 Å². The first kappa shape index (κ1) is 13.1. The van der Waals surface area contributed by atoms with Crippen molar-refractivity contribution in [1.82, 2.24) is 4.90 Å². The lowest BCUT2D eigenvalue weighted by atomic mass is 10.2. The Hall–Kier alpha value is 0.0500. The first-order chi connectivity index (χ1) is 5.93. The van der Waals surface area contributed by atoms with Gasteiger partial charge in [-0.3, -0.25) is 0 Å². The molecule has 0 rings (SSSR count). The number of nitrogens with zero attached hydrogens (tertiary/aromatic N) is 1. The second kappa shape index (κ2) is 6.50. The molecule has 2 heteroatoms. The van der Waals surface area contributed by atoms with Gasteiger partial charge < -0.3 is 4.90 Å². The lowest BCUT2D eigenvalue weighted by Crippen LogP contribution is -2.31. The molecule has 0 aliphatic rings. The van der Waals surface area contributed by atoms with Crippen LogP contribution < -0.4 is 0 Å². The smallest absolute Gasteiger partial charge is 0.00356 e. The highest BCUT2D eigenvalue weighted by Gasteiger charge is 2.08. The molecule has 0 aromatic carbocycles. The van der Waals surface area contributed by atoms with Gasteiger partial charge in [0.1, 0.15) is 0 Å². The standard InChI is InChI=1S/C11H23NS/c1-9(2)12(6)7-11(5)8-13-10(3)4/h9,11H,3,7-8H2,1-2,4-6H3. The van der Waals surface area contributed by atoms with Crippen LogP contribution in [0.4, 0.5) is 0 Å². The minimum Gasteiger partial charge on any atom is -0.304 e. The lowest BCUT2D eigenvalue weighted by Gasteiger charge is -2.24. The number of hydrogen-bond acceptors (Lipinski definition) is 2. The summed E-state index contributed by atoms with van der Waals surface area (Å²) in [6, 6.07) is 0.650. The van der Waals surface area contributed by atoms with Gasteiger partial charge in [-0.2, -0.15) is 0 Å². The number of rotatable bonds is 6. The van der Waals surface area contributed by atoms with E-state index in [0.717, 1.165) is 5.92 Å². The van der Waals surface area contributed by atoms with Gasteiger partial charge in [0, 0.05) is 18.3 Å². The van der Waals surface area contributed by atoms with E-state index in [9.17, 15) is 0 Å². The predicted octanol–water partition coefficient (Wildman–Crippen LogP) is 3.23. The van der Waals surface area contributed by atoms with Gasteiger partial charge in [-0.1, -0.05) is 13.5 Å². The highest BCUT2D eigenvalue weighted by Crippen LogP contribution is 2.16. The Balaban J connectivity index is 3.61. The van der Waals surface area contributed by atoms with E-state index < -0.39 is 0 Å². The molecule has 0 aliphatic heterocycles. The Kier molecular flexibility index (Phi) is 6.52. The largest absolute Gasteiger partial charge is 0.304 e. The van der Waals surface area contributed by atoms with Gasteiger partial charge in [-0.25, -0.2) is 0 Å². The molecule has 0 saturated heterocycles. The van der Waals surface area contributed by atoms with Crippen LogP contribution in [-0.4, -0.2) is 30.3 Å². The van der Waals surface area contributed by atoms with E-state index in [4.69, 9.17) is 0 Å². The van der Waals surface area contributed by atoms with E-state index in [0.29, 0.717) is 6.04 Å². The maximum absolute atomic E-state index is 3.89. The second-order valence-electron chi connectivity index (χ2n) is 4.15. The van der Waals surface area contributed by atoms with Gasteiger partial charge in [-0.15, -0.1) is 11.8 Å². The quantitative estimate of drug-likeness (QED) is 0.649. The summed E-state index contributed by atoms with van der Waals surface area (Å²) in [7, 11) is 2.19. The predicted molar refractivity (Wildman–Crippen MR) is 64.2 cm³/mol. The molecule has 0 aromatic rings. The summed E-state index contributed by atoms with van der Waals surface area (Å²) in [5.41, 5.74) is 0. The van der Waals surface area contributed by atoms with Crippen molar-refractivity contribution in [3.63, 3.8) is 0 Å². The summed E-state index contributed by atoms with van der Waals surface area (Å²) in [6.45, 7) is 13.9. The van der Waals surface area contributed by atoms with Gasteiger partial charge >= 0.3 is 0 Å². The van der Waals surface area contributed by atoms with Crippen LogP contribution in [0.3, 0.4) is 0 Å². The Bertz CT molecular complexity index is 154. The summed E-state index contributed by atoms with van der Waals surface area (Å²) in [5, 5.41) is 0. The molecule has 1 atom stereocenters. The van der Waals surface area contributed by atoms with E-state index in [2.05, 4.69) is 46.2 Å². The fourth-order valence-corrected chi connectivity index (χ4v) is 1.71. The Labute approximate surface area is 87.6 Å². The molecule has 13 heavy (non-hydrogen) atoms. The second-order valence-corrected chi connectivity index (χ2v) is 5.47. The van der Waals surface area contributed by atoms with Crippen LogP contribution in [0.5, 0.6) is 0 Å². The molecule has 0 radical (unpaired) electrons. The van der Waals surface area contributed by atoms with Crippen LogP contribution in [0.25, 0.3) is 0 Å². The molecule has 0 fully saturated rings. The van der Waals surface area contributed by atoms with Crippen LogP contribution in [0.15, 0.2) is 11.5 Å². The maximum Gasteiger partial charge on any atom is 0.00356 e. The average molecular weight is 201 g/mol. The zero-order valence-corrected chi connectivity index (χ0v) is 10.4. The minimum absolute atomic E-state index is 0.650. The average Bonchev–Trinajstić information content (AvgIpc) is 2.00. The SMILES string of the molecule is C=C(C)SCC(C)CN(C)C(C)C.